The Morgan fingerprint density at radius 2 is 1.67 bits per heavy atom. The molecule has 0 amide bonds. The number of alkyl halides is 6. The van der Waals surface area contributed by atoms with Crippen LogP contribution in [0.4, 0.5) is 26.3 Å². The molecule has 12 heteroatoms. The summed E-state index contributed by atoms with van der Waals surface area (Å²) in [6.45, 7) is 4.91. The van der Waals surface area contributed by atoms with E-state index in [4.69, 9.17) is 9.47 Å². The molecule has 0 aromatic carbocycles. The van der Waals surface area contributed by atoms with Crippen LogP contribution in [0, 0.1) is 29.1 Å². The topological polar surface area (TPSA) is 78.9 Å². The minimum absolute atomic E-state index is 0.0913. The fourth-order valence-electron chi connectivity index (χ4n) is 4.41. The summed E-state index contributed by atoms with van der Waals surface area (Å²) < 4.78 is 91.1. The summed E-state index contributed by atoms with van der Waals surface area (Å²) in [6, 6.07) is 0. The number of halogens is 6. The third kappa shape index (κ3) is 3.62. The Morgan fingerprint density at radius 3 is 2.17 bits per heavy atom. The van der Waals surface area contributed by atoms with Gasteiger partial charge in [-0.15, -0.1) is 0 Å². The lowest BCUT2D eigenvalue weighted by Gasteiger charge is -2.33. The van der Waals surface area contributed by atoms with E-state index >= 15 is 0 Å². The van der Waals surface area contributed by atoms with Crippen LogP contribution in [0.1, 0.15) is 33.6 Å². The number of ether oxygens (including phenoxy) is 3. The van der Waals surface area contributed by atoms with E-state index in [1.54, 1.807) is 20.8 Å². The number of hydrogen-bond acceptors (Lipinski definition) is 6. The van der Waals surface area contributed by atoms with Crippen molar-refractivity contribution in [3.8, 4) is 0 Å². The van der Waals surface area contributed by atoms with Gasteiger partial charge in [0.05, 0.1) is 17.3 Å². The van der Waals surface area contributed by atoms with Crippen molar-refractivity contribution in [2.45, 2.75) is 64.3 Å². The van der Waals surface area contributed by atoms with Gasteiger partial charge in [0.15, 0.2) is 0 Å². The summed E-state index contributed by atoms with van der Waals surface area (Å²) in [5.41, 5.74) is -0.919. The highest BCUT2D eigenvalue weighted by Gasteiger charge is 2.71. The quantitative estimate of drug-likeness (QED) is 0.367. The molecule has 170 valence electrons. The van der Waals surface area contributed by atoms with Crippen molar-refractivity contribution in [2.24, 2.45) is 29.1 Å². The van der Waals surface area contributed by atoms with Gasteiger partial charge in [-0.05, 0) is 26.7 Å². The third-order valence-electron chi connectivity index (χ3n) is 6.33. The average Bonchev–Trinajstić information content (AvgIpc) is 3.20. The lowest BCUT2D eigenvalue weighted by atomic mass is 9.78. The summed E-state index contributed by atoms with van der Waals surface area (Å²) in [5, 5.41) is 0. The Bertz CT molecular complexity index is 730. The summed E-state index contributed by atoms with van der Waals surface area (Å²) >= 11 is 0. The number of carbonyl (C=O) groups is 3. The van der Waals surface area contributed by atoms with Gasteiger partial charge in [0.25, 0.3) is 6.10 Å². The van der Waals surface area contributed by atoms with Crippen LogP contribution < -0.4 is 0 Å². The molecule has 6 atom stereocenters. The predicted molar refractivity (Wildman–Crippen MR) is 84.4 cm³/mol. The van der Waals surface area contributed by atoms with Gasteiger partial charge >= 0.3 is 30.3 Å². The van der Waals surface area contributed by atoms with Gasteiger partial charge in [-0.2, -0.15) is 26.3 Å². The number of rotatable bonds is 5. The number of esters is 3. The Hall–Kier alpha value is -2.01. The molecule has 2 aliphatic carbocycles. The fraction of sp³-hybridized carbons (Fsp3) is 0.833. The third-order valence-corrected chi connectivity index (χ3v) is 6.33. The largest absolute Gasteiger partial charge is 0.458 e. The van der Waals surface area contributed by atoms with Crippen LogP contribution in [0.2, 0.25) is 0 Å². The van der Waals surface area contributed by atoms with E-state index in [9.17, 15) is 40.7 Å². The molecule has 3 fully saturated rings. The first kappa shape index (κ1) is 22.7. The number of fused-ring (bicyclic) bond motifs is 1. The van der Waals surface area contributed by atoms with Gasteiger partial charge in [0.1, 0.15) is 12.2 Å². The molecule has 0 radical (unpaired) electrons. The molecule has 2 bridgehead atoms. The lowest BCUT2D eigenvalue weighted by molar-refractivity contribution is -0.315. The molecule has 0 spiro atoms. The summed E-state index contributed by atoms with van der Waals surface area (Å²) in [5.74, 6) is -7.84. The van der Waals surface area contributed by atoms with Crippen molar-refractivity contribution in [1.29, 1.82) is 0 Å². The molecule has 1 heterocycles. The normalized spacial score (nSPS) is 33.1. The number of carbonyl (C=O) groups excluding carboxylic acids is 3. The van der Waals surface area contributed by atoms with Crippen molar-refractivity contribution in [3.05, 3.63) is 0 Å². The monoisotopic (exact) mass is 446 g/mol. The second-order valence-corrected chi connectivity index (χ2v) is 8.52. The van der Waals surface area contributed by atoms with Crippen molar-refractivity contribution >= 4 is 17.9 Å². The molecular weight excluding hydrogens is 426 g/mol. The van der Waals surface area contributed by atoms with Gasteiger partial charge in [-0.3, -0.25) is 14.4 Å². The summed E-state index contributed by atoms with van der Waals surface area (Å²) in [6.07, 6.45) is -17.6. The van der Waals surface area contributed by atoms with Crippen molar-refractivity contribution < 1.29 is 54.9 Å². The van der Waals surface area contributed by atoms with Crippen molar-refractivity contribution in [1.82, 2.24) is 0 Å². The number of hydrogen-bond donors (Lipinski definition) is 0. The summed E-state index contributed by atoms with van der Waals surface area (Å²) in [7, 11) is 0. The Labute approximate surface area is 167 Å². The highest BCUT2D eigenvalue weighted by molar-refractivity contribution is 5.86. The lowest BCUT2D eigenvalue weighted by Crippen LogP contribution is -2.50. The van der Waals surface area contributed by atoms with Gasteiger partial charge in [-0.1, -0.05) is 6.92 Å². The van der Waals surface area contributed by atoms with E-state index in [1.165, 1.54) is 0 Å². The maximum atomic E-state index is 12.8. The van der Waals surface area contributed by atoms with E-state index in [0.717, 1.165) is 0 Å². The highest BCUT2D eigenvalue weighted by Crippen LogP contribution is 2.59. The second-order valence-electron chi connectivity index (χ2n) is 8.52. The molecular formula is C18H20F6O6. The van der Waals surface area contributed by atoms with Crippen LogP contribution in [-0.2, 0) is 28.6 Å². The van der Waals surface area contributed by atoms with E-state index in [1.807, 2.05) is 0 Å². The highest BCUT2D eigenvalue weighted by atomic mass is 19.4. The van der Waals surface area contributed by atoms with Crippen LogP contribution in [0.25, 0.3) is 0 Å². The molecule has 6 nitrogen and oxygen atoms in total. The SMILES string of the molecule is CCC(C)(C)C(=O)O[C@H]1C2CC3C(C(=O)OC31)C2C(=O)OC(C(F)(F)F)C(F)(F)F. The Kier molecular flexibility index (Phi) is 5.30. The average molecular weight is 446 g/mol. The van der Waals surface area contributed by atoms with Crippen LogP contribution in [0.5, 0.6) is 0 Å². The molecule has 0 aromatic rings. The van der Waals surface area contributed by atoms with Gasteiger partial charge in [-0.25, -0.2) is 0 Å². The van der Waals surface area contributed by atoms with E-state index in [2.05, 4.69) is 4.74 Å². The van der Waals surface area contributed by atoms with Gasteiger partial charge < -0.3 is 14.2 Å². The molecule has 1 saturated heterocycles. The molecule has 2 saturated carbocycles. The molecule has 30 heavy (non-hydrogen) atoms. The zero-order chi connectivity index (χ0) is 22.8. The molecule has 1 aliphatic heterocycles. The minimum Gasteiger partial charge on any atom is -0.458 e. The summed E-state index contributed by atoms with van der Waals surface area (Å²) in [4.78, 5) is 37.0. The van der Waals surface area contributed by atoms with Crippen molar-refractivity contribution in [2.75, 3.05) is 0 Å². The minimum atomic E-state index is -5.87. The molecule has 3 rings (SSSR count). The second kappa shape index (κ2) is 7.01. The molecule has 3 aliphatic rings. The maximum absolute atomic E-state index is 12.8. The standard InChI is InChI=1S/C18H20F6O6/c1-4-16(2,3)15(27)29-11-7-5-6-8(12(25)28-10(6)11)9(7)13(26)30-14(17(19,20)21)18(22,23)24/h6-11,14H,4-5H2,1-3H3/t6?,7?,8?,9?,10?,11-/m0/s1. The first-order valence-corrected chi connectivity index (χ1v) is 9.35. The Balaban J connectivity index is 1.84. The smallest absolute Gasteiger partial charge is 0.434 e. The van der Waals surface area contributed by atoms with E-state index in [-0.39, 0.29) is 6.42 Å². The van der Waals surface area contributed by atoms with Crippen LogP contribution in [0.3, 0.4) is 0 Å². The zero-order valence-corrected chi connectivity index (χ0v) is 16.2. The maximum Gasteiger partial charge on any atom is 0.434 e. The predicted octanol–water partition coefficient (Wildman–Crippen LogP) is 3.18. The van der Waals surface area contributed by atoms with Crippen LogP contribution in [-0.4, -0.2) is 48.6 Å². The van der Waals surface area contributed by atoms with E-state index in [0.29, 0.717) is 6.42 Å². The molecule has 0 aromatic heterocycles. The first-order chi connectivity index (χ1) is 13.6. The molecule has 5 unspecified atom stereocenters. The van der Waals surface area contributed by atoms with Crippen molar-refractivity contribution in [3.63, 3.8) is 0 Å². The van der Waals surface area contributed by atoms with Gasteiger partial charge in [0, 0.05) is 11.8 Å². The zero-order valence-electron chi connectivity index (χ0n) is 16.2. The van der Waals surface area contributed by atoms with Gasteiger partial charge in [0.2, 0.25) is 0 Å². The fourth-order valence-corrected chi connectivity index (χ4v) is 4.41. The van der Waals surface area contributed by atoms with Crippen LogP contribution >= 0.6 is 0 Å². The first-order valence-electron chi connectivity index (χ1n) is 9.35. The molecule has 0 N–H and O–H groups in total. The van der Waals surface area contributed by atoms with Crippen LogP contribution in [0.15, 0.2) is 0 Å². The van der Waals surface area contributed by atoms with E-state index < -0.39 is 77.7 Å². The Morgan fingerprint density at radius 1 is 1.10 bits per heavy atom.